The summed E-state index contributed by atoms with van der Waals surface area (Å²) in [6, 6.07) is 9.26. The molecule has 1 atom stereocenters. The molecule has 0 bridgehead atoms. The van der Waals surface area contributed by atoms with Crippen LogP contribution in [0, 0.1) is 10.1 Å². The highest BCUT2D eigenvalue weighted by atomic mass is 35.5. The molecule has 0 aromatic heterocycles. The summed E-state index contributed by atoms with van der Waals surface area (Å²) in [6.07, 6.45) is 1.11. The lowest BCUT2D eigenvalue weighted by molar-refractivity contribution is -0.384. The van der Waals surface area contributed by atoms with Gasteiger partial charge in [0.25, 0.3) is 11.6 Å². The van der Waals surface area contributed by atoms with Crippen LogP contribution in [0.25, 0.3) is 0 Å². The zero-order valence-electron chi connectivity index (χ0n) is 13.4. The van der Waals surface area contributed by atoms with Gasteiger partial charge in [0.1, 0.15) is 0 Å². The van der Waals surface area contributed by atoms with E-state index in [-0.39, 0.29) is 21.2 Å². The molecule has 2 rings (SSSR count). The molecule has 0 unspecified atom stereocenters. The molecule has 0 saturated carbocycles. The number of hydrogen-bond acceptors (Lipinski definition) is 5. The highest BCUT2D eigenvalue weighted by Crippen LogP contribution is 2.23. The largest absolute Gasteiger partial charge is 0.345 e. The molecular formula is C16H15ClN2O5S. The third-order valence-electron chi connectivity index (χ3n) is 3.56. The molecule has 0 aliphatic heterocycles. The van der Waals surface area contributed by atoms with Crippen molar-refractivity contribution < 1.29 is 18.1 Å². The fourth-order valence-electron chi connectivity index (χ4n) is 2.16. The second-order valence-electron chi connectivity index (χ2n) is 5.46. The molecule has 0 fully saturated rings. The van der Waals surface area contributed by atoms with Gasteiger partial charge >= 0.3 is 0 Å². The van der Waals surface area contributed by atoms with Gasteiger partial charge < -0.3 is 5.32 Å². The number of halogens is 1. The monoisotopic (exact) mass is 382 g/mol. The smallest absolute Gasteiger partial charge is 0.270 e. The Balaban J connectivity index is 2.20. The lowest BCUT2D eigenvalue weighted by Crippen LogP contribution is -2.27. The van der Waals surface area contributed by atoms with Crippen LogP contribution in [-0.4, -0.2) is 25.5 Å². The summed E-state index contributed by atoms with van der Waals surface area (Å²) in [5.74, 6) is -0.562. The molecule has 7 nitrogen and oxygen atoms in total. The van der Waals surface area contributed by atoms with Crippen LogP contribution in [0.2, 0.25) is 5.02 Å². The molecule has 9 heteroatoms. The van der Waals surface area contributed by atoms with Crippen LogP contribution in [-0.2, 0) is 9.84 Å². The van der Waals surface area contributed by atoms with E-state index in [2.05, 4.69) is 5.32 Å². The number of carbonyl (C=O) groups is 1. The first-order valence-electron chi connectivity index (χ1n) is 7.14. The van der Waals surface area contributed by atoms with E-state index in [1.54, 1.807) is 19.1 Å². The summed E-state index contributed by atoms with van der Waals surface area (Å²) < 4.78 is 22.9. The first kappa shape index (κ1) is 18.9. The minimum atomic E-state index is -3.30. The Hall–Kier alpha value is -2.45. The van der Waals surface area contributed by atoms with Gasteiger partial charge in [0, 0.05) is 18.4 Å². The number of rotatable bonds is 5. The summed E-state index contributed by atoms with van der Waals surface area (Å²) in [5, 5.41) is 13.6. The average Bonchev–Trinajstić information content (AvgIpc) is 2.54. The van der Waals surface area contributed by atoms with E-state index in [1.165, 1.54) is 24.3 Å². The highest BCUT2D eigenvalue weighted by molar-refractivity contribution is 7.90. The molecule has 0 aliphatic carbocycles. The second-order valence-corrected chi connectivity index (χ2v) is 7.88. The number of carbonyl (C=O) groups excluding carboxylic acids is 1. The quantitative estimate of drug-likeness (QED) is 0.631. The van der Waals surface area contributed by atoms with E-state index < -0.39 is 26.7 Å². The lowest BCUT2D eigenvalue weighted by atomic mass is 10.1. The molecule has 2 aromatic rings. The van der Waals surface area contributed by atoms with Gasteiger partial charge in [0.2, 0.25) is 0 Å². The van der Waals surface area contributed by atoms with Crippen LogP contribution in [0.3, 0.4) is 0 Å². The molecule has 25 heavy (non-hydrogen) atoms. The van der Waals surface area contributed by atoms with Gasteiger partial charge in [0.05, 0.1) is 26.4 Å². The topological polar surface area (TPSA) is 106 Å². The maximum atomic E-state index is 12.3. The van der Waals surface area contributed by atoms with E-state index >= 15 is 0 Å². The summed E-state index contributed by atoms with van der Waals surface area (Å²) in [5.41, 5.74) is 0.442. The third-order valence-corrected chi connectivity index (χ3v) is 5.02. The van der Waals surface area contributed by atoms with Gasteiger partial charge in [-0.05, 0) is 30.7 Å². The fourth-order valence-corrected chi connectivity index (χ4v) is 3.00. The van der Waals surface area contributed by atoms with Gasteiger partial charge in [-0.2, -0.15) is 0 Å². The van der Waals surface area contributed by atoms with Crippen LogP contribution in [0.1, 0.15) is 28.9 Å². The summed E-state index contributed by atoms with van der Waals surface area (Å²) in [7, 11) is -3.30. The molecule has 0 aliphatic rings. The Morgan fingerprint density at radius 3 is 2.32 bits per heavy atom. The molecule has 0 spiro atoms. The number of sulfone groups is 1. The molecule has 0 radical (unpaired) electrons. The van der Waals surface area contributed by atoms with Crippen molar-refractivity contribution >= 4 is 33.0 Å². The van der Waals surface area contributed by atoms with Gasteiger partial charge in [-0.1, -0.05) is 23.7 Å². The van der Waals surface area contributed by atoms with Gasteiger partial charge in [-0.25, -0.2) is 8.42 Å². The van der Waals surface area contributed by atoms with Crippen LogP contribution in [0.15, 0.2) is 47.4 Å². The molecule has 1 amide bonds. The van der Waals surface area contributed by atoms with E-state index in [1.807, 2.05) is 0 Å². The normalized spacial score (nSPS) is 12.4. The molecule has 0 heterocycles. The van der Waals surface area contributed by atoms with Crippen molar-refractivity contribution in [3.8, 4) is 0 Å². The van der Waals surface area contributed by atoms with Crippen molar-refractivity contribution in [3.63, 3.8) is 0 Å². The maximum absolute atomic E-state index is 12.3. The number of amides is 1. The Labute approximate surface area is 149 Å². The fraction of sp³-hybridized carbons (Fsp3) is 0.188. The minimum Gasteiger partial charge on any atom is -0.345 e. The molecule has 0 saturated heterocycles. The number of non-ortho nitro benzene ring substituents is 1. The first-order chi connectivity index (χ1) is 11.6. The highest BCUT2D eigenvalue weighted by Gasteiger charge is 2.18. The number of nitro benzene ring substituents is 1. The van der Waals surface area contributed by atoms with Crippen molar-refractivity contribution in [1.29, 1.82) is 0 Å². The molecular weight excluding hydrogens is 368 g/mol. The molecule has 1 N–H and O–H groups in total. The summed E-state index contributed by atoms with van der Waals surface area (Å²) in [6.45, 7) is 1.71. The number of benzene rings is 2. The Morgan fingerprint density at radius 1 is 1.20 bits per heavy atom. The number of nitrogens with one attached hydrogen (secondary N) is 1. The standard InChI is InChI=1S/C16H15ClN2O5S/c1-10(11-3-6-13(7-4-11)25(2,23)24)18-16(20)14-9-12(19(21)22)5-8-15(14)17/h3-10H,1-2H3,(H,18,20)/t10-/m0/s1. The molecule has 2 aromatic carbocycles. The van der Waals surface area contributed by atoms with Crippen LogP contribution in [0.5, 0.6) is 0 Å². The Bertz CT molecular complexity index is 926. The predicted molar refractivity (Wildman–Crippen MR) is 93.5 cm³/mol. The van der Waals surface area contributed by atoms with Crippen molar-refractivity contribution in [1.82, 2.24) is 5.32 Å². The third kappa shape index (κ3) is 4.55. The van der Waals surface area contributed by atoms with Gasteiger partial charge in [-0.3, -0.25) is 14.9 Å². The number of nitro groups is 1. The minimum absolute atomic E-state index is 0.00419. The summed E-state index contributed by atoms with van der Waals surface area (Å²) >= 11 is 5.95. The van der Waals surface area contributed by atoms with Crippen molar-refractivity contribution in [2.75, 3.05) is 6.26 Å². The second kappa shape index (κ2) is 7.20. The first-order valence-corrected chi connectivity index (χ1v) is 9.41. The van der Waals surface area contributed by atoms with E-state index in [4.69, 9.17) is 11.6 Å². The van der Waals surface area contributed by atoms with E-state index in [0.29, 0.717) is 5.56 Å². The maximum Gasteiger partial charge on any atom is 0.270 e. The average molecular weight is 383 g/mol. The zero-order valence-corrected chi connectivity index (χ0v) is 15.0. The zero-order chi connectivity index (χ0) is 18.8. The van der Waals surface area contributed by atoms with E-state index in [9.17, 15) is 23.3 Å². The number of nitrogens with zero attached hydrogens (tertiary/aromatic N) is 1. The lowest BCUT2D eigenvalue weighted by Gasteiger charge is -2.15. The Kier molecular flexibility index (Phi) is 5.44. The van der Waals surface area contributed by atoms with E-state index in [0.717, 1.165) is 12.3 Å². The van der Waals surface area contributed by atoms with Gasteiger partial charge in [0.15, 0.2) is 9.84 Å². The number of hydrogen-bond donors (Lipinski definition) is 1. The van der Waals surface area contributed by atoms with Crippen molar-refractivity contribution in [2.45, 2.75) is 17.9 Å². The van der Waals surface area contributed by atoms with Crippen molar-refractivity contribution in [2.24, 2.45) is 0 Å². The van der Waals surface area contributed by atoms with Crippen LogP contribution >= 0.6 is 11.6 Å². The van der Waals surface area contributed by atoms with Crippen LogP contribution < -0.4 is 5.32 Å². The SMILES string of the molecule is C[C@H](NC(=O)c1cc([N+](=O)[O-])ccc1Cl)c1ccc(S(C)(=O)=O)cc1. The Morgan fingerprint density at radius 2 is 1.80 bits per heavy atom. The predicted octanol–water partition coefficient (Wildman–Crippen LogP) is 3.14. The van der Waals surface area contributed by atoms with Gasteiger partial charge in [-0.15, -0.1) is 0 Å². The van der Waals surface area contributed by atoms with Crippen molar-refractivity contribution in [3.05, 3.63) is 68.7 Å². The molecule has 132 valence electrons. The summed E-state index contributed by atoms with van der Waals surface area (Å²) in [4.78, 5) is 22.7. The van der Waals surface area contributed by atoms with Crippen LogP contribution in [0.4, 0.5) is 5.69 Å².